The van der Waals surface area contributed by atoms with E-state index in [4.69, 9.17) is 4.74 Å². The number of halogens is 3. The van der Waals surface area contributed by atoms with Gasteiger partial charge in [-0.05, 0) is 30.3 Å². The third-order valence-electron chi connectivity index (χ3n) is 4.86. The van der Waals surface area contributed by atoms with Crippen LogP contribution >= 0.6 is 0 Å². The molecule has 0 atom stereocenters. The van der Waals surface area contributed by atoms with Crippen LogP contribution in [0, 0.1) is 17.5 Å². The first-order chi connectivity index (χ1) is 14.9. The lowest BCUT2D eigenvalue weighted by Gasteiger charge is -2.13. The van der Waals surface area contributed by atoms with Crippen LogP contribution in [0.5, 0.6) is 0 Å². The molecule has 0 saturated heterocycles. The Balaban J connectivity index is 1.96. The van der Waals surface area contributed by atoms with Gasteiger partial charge in [0.05, 0.1) is 31.7 Å². The largest absolute Gasteiger partial charge is 0.383 e. The van der Waals surface area contributed by atoms with Crippen LogP contribution in [0.15, 0.2) is 58.4 Å². The molecule has 4 aromatic rings. The number of ether oxygens (including phenoxy) is 1. The van der Waals surface area contributed by atoms with Gasteiger partial charge < -0.3 is 9.30 Å². The highest BCUT2D eigenvalue weighted by Crippen LogP contribution is 2.17. The Morgan fingerprint density at radius 3 is 2.39 bits per heavy atom. The van der Waals surface area contributed by atoms with E-state index in [0.717, 1.165) is 16.7 Å². The van der Waals surface area contributed by atoms with E-state index in [9.17, 15) is 22.8 Å². The molecule has 7 nitrogen and oxygen atoms in total. The monoisotopic (exact) mass is 430 g/mol. The molecule has 0 aliphatic heterocycles. The number of nitrogens with zero attached hydrogens (tertiary/aromatic N) is 4. The molecule has 2 aromatic carbocycles. The number of aromatic nitrogens is 4. The zero-order valence-electron chi connectivity index (χ0n) is 16.4. The molecule has 0 saturated carbocycles. The predicted octanol–water partition coefficient (Wildman–Crippen LogP) is 2.46. The summed E-state index contributed by atoms with van der Waals surface area (Å²) in [5.74, 6) is -1.98. The number of rotatable bonds is 6. The van der Waals surface area contributed by atoms with Gasteiger partial charge in [-0.2, -0.15) is 0 Å². The normalized spacial score (nSPS) is 11.4. The van der Waals surface area contributed by atoms with Gasteiger partial charge in [-0.15, -0.1) is 0 Å². The minimum absolute atomic E-state index is 0.0264. The quantitative estimate of drug-likeness (QED) is 0.471. The maximum Gasteiger partial charge on any atom is 0.337 e. The van der Waals surface area contributed by atoms with Crippen LogP contribution in [0.3, 0.4) is 0 Å². The van der Waals surface area contributed by atoms with Crippen molar-refractivity contribution in [1.82, 2.24) is 18.7 Å². The van der Waals surface area contributed by atoms with Gasteiger partial charge in [0.25, 0.3) is 5.56 Å². The average molecular weight is 430 g/mol. The van der Waals surface area contributed by atoms with Gasteiger partial charge in [0.1, 0.15) is 17.5 Å². The van der Waals surface area contributed by atoms with Gasteiger partial charge in [-0.3, -0.25) is 9.36 Å². The topological polar surface area (TPSA) is 71.1 Å². The fraction of sp³-hybridized carbons (Fsp3) is 0.190. The zero-order chi connectivity index (χ0) is 22.1. The van der Waals surface area contributed by atoms with E-state index in [0.29, 0.717) is 5.69 Å². The van der Waals surface area contributed by atoms with E-state index >= 15 is 0 Å². The summed E-state index contributed by atoms with van der Waals surface area (Å²) in [6.07, 6.45) is 1.30. The van der Waals surface area contributed by atoms with E-state index in [1.807, 2.05) is 0 Å². The van der Waals surface area contributed by atoms with Crippen LogP contribution in [0.4, 0.5) is 13.2 Å². The molecule has 0 N–H and O–H groups in total. The smallest absolute Gasteiger partial charge is 0.337 e. The van der Waals surface area contributed by atoms with Crippen molar-refractivity contribution in [1.29, 1.82) is 0 Å². The average Bonchev–Trinajstić information content (AvgIpc) is 3.15. The van der Waals surface area contributed by atoms with Gasteiger partial charge in [0.15, 0.2) is 11.2 Å². The molecule has 0 aliphatic carbocycles. The molecular weight excluding hydrogens is 413 g/mol. The molecule has 2 heterocycles. The summed E-state index contributed by atoms with van der Waals surface area (Å²) in [5.41, 5.74) is -0.764. The van der Waals surface area contributed by atoms with Gasteiger partial charge in [0.2, 0.25) is 0 Å². The van der Waals surface area contributed by atoms with Crippen LogP contribution in [-0.4, -0.2) is 32.4 Å². The van der Waals surface area contributed by atoms with Crippen molar-refractivity contribution in [3.05, 3.63) is 92.6 Å². The molecule has 0 aliphatic rings. The maximum atomic E-state index is 14.2. The van der Waals surface area contributed by atoms with Gasteiger partial charge in [-0.25, -0.2) is 27.5 Å². The molecule has 0 amide bonds. The maximum absolute atomic E-state index is 14.2. The molecule has 0 fully saturated rings. The summed E-state index contributed by atoms with van der Waals surface area (Å²) in [4.78, 5) is 30.4. The Bertz CT molecular complexity index is 1370. The Morgan fingerprint density at radius 1 is 1.00 bits per heavy atom. The van der Waals surface area contributed by atoms with Crippen molar-refractivity contribution < 1.29 is 17.9 Å². The van der Waals surface area contributed by atoms with Crippen LogP contribution in [0.1, 0.15) is 5.56 Å². The second-order valence-corrected chi connectivity index (χ2v) is 6.82. The third-order valence-corrected chi connectivity index (χ3v) is 4.86. The summed E-state index contributed by atoms with van der Waals surface area (Å²) < 4.78 is 49.4. The fourth-order valence-corrected chi connectivity index (χ4v) is 3.34. The molecule has 0 unspecified atom stereocenters. The molecule has 0 spiro atoms. The SMILES string of the molecule is COCCn1c(=O)c2c(ncn2Cc2ccc(F)cc2F)n(-c2ccc(F)cc2)c1=O. The van der Waals surface area contributed by atoms with Crippen LogP contribution in [-0.2, 0) is 17.8 Å². The van der Waals surface area contributed by atoms with Crippen LogP contribution < -0.4 is 11.2 Å². The Kier molecular flexibility index (Phi) is 5.47. The van der Waals surface area contributed by atoms with Crippen molar-refractivity contribution in [3.8, 4) is 5.69 Å². The lowest BCUT2D eigenvalue weighted by molar-refractivity contribution is 0.184. The molecule has 0 radical (unpaired) electrons. The summed E-state index contributed by atoms with van der Waals surface area (Å²) >= 11 is 0. The molecule has 10 heteroatoms. The summed E-state index contributed by atoms with van der Waals surface area (Å²) in [6, 6.07) is 8.28. The van der Waals surface area contributed by atoms with E-state index in [1.54, 1.807) is 0 Å². The third kappa shape index (κ3) is 3.77. The number of fused-ring (bicyclic) bond motifs is 1. The first-order valence-electron chi connectivity index (χ1n) is 9.30. The van der Waals surface area contributed by atoms with Crippen molar-refractivity contribution in [2.45, 2.75) is 13.1 Å². The summed E-state index contributed by atoms with van der Waals surface area (Å²) in [5, 5.41) is 0. The number of benzene rings is 2. The van der Waals surface area contributed by atoms with E-state index in [-0.39, 0.29) is 36.4 Å². The second-order valence-electron chi connectivity index (χ2n) is 6.82. The van der Waals surface area contributed by atoms with E-state index in [1.165, 1.54) is 52.9 Å². The lowest BCUT2D eigenvalue weighted by Crippen LogP contribution is -2.41. The van der Waals surface area contributed by atoms with Crippen molar-refractivity contribution >= 4 is 11.2 Å². The Hall–Kier alpha value is -3.66. The summed E-state index contributed by atoms with van der Waals surface area (Å²) in [6.45, 7) is -0.0318. The fourth-order valence-electron chi connectivity index (χ4n) is 3.34. The number of hydrogen-bond donors (Lipinski definition) is 0. The Labute approximate surface area is 173 Å². The van der Waals surface area contributed by atoms with Crippen molar-refractivity contribution in [2.75, 3.05) is 13.7 Å². The first-order valence-corrected chi connectivity index (χ1v) is 9.30. The van der Waals surface area contributed by atoms with E-state index < -0.39 is 28.7 Å². The molecule has 4 rings (SSSR count). The van der Waals surface area contributed by atoms with Gasteiger partial charge in [0, 0.05) is 18.7 Å². The number of methoxy groups -OCH3 is 1. The first kappa shape index (κ1) is 20.6. The van der Waals surface area contributed by atoms with Crippen molar-refractivity contribution in [2.24, 2.45) is 0 Å². The van der Waals surface area contributed by atoms with Crippen LogP contribution in [0.25, 0.3) is 16.9 Å². The standard InChI is InChI=1S/C21H17F3N4O3/c1-31-9-8-27-20(29)18-19(28(21(27)30)16-6-4-14(22)5-7-16)25-12-26(18)11-13-2-3-15(23)10-17(13)24/h2-7,10,12H,8-9,11H2,1H3. The van der Waals surface area contributed by atoms with Gasteiger partial charge >= 0.3 is 5.69 Å². The van der Waals surface area contributed by atoms with E-state index in [2.05, 4.69) is 4.98 Å². The van der Waals surface area contributed by atoms with Crippen molar-refractivity contribution in [3.63, 3.8) is 0 Å². The Morgan fingerprint density at radius 2 is 1.71 bits per heavy atom. The number of hydrogen-bond acceptors (Lipinski definition) is 4. The van der Waals surface area contributed by atoms with Gasteiger partial charge in [-0.1, -0.05) is 6.07 Å². The predicted molar refractivity (Wildman–Crippen MR) is 107 cm³/mol. The van der Waals surface area contributed by atoms with Crippen LogP contribution in [0.2, 0.25) is 0 Å². The lowest BCUT2D eigenvalue weighted by atomic mass is 10.2. The molecule has 2 aromatic heterocycles. The zero-order valence-corrected chi connectivity index (χ0v) is 16.4. The second kappa shape index (κ2) is 8.23. The minimum Gasteiger partial charge on any atom is -0.383 e. The highest BCUT2D eigenvalue weighted by Gasteiger charge is 2.20. The highest BCUT2D eigenvalue weighted by atomic mass is 19.1. The molecular formula is C21H17F3N4O3. The number of imidazole rings is 1. The molecule has 0 bridgehead atoms. The summed E-state index contributed by atoms with van der Waals surface area (Å²) in [7, 11) is 1.43. The minimum atomic E-state index is -0.770. The molecule has 160 valence electrons. The highest BCUT2D eigenvalue weighted by molar-refractivity contribution is 5.72. The molecule has 31 heavy (non-hydrogen) atoms.